The van der Waals surface area contributed by atoms with Crippen LogP contribution < -0.4 is 5.32 Å². The third kappa shape index (κ3) is 4.88. The van der Waals surface area contributed by atoms with E-state index >= 15 is 0 Å². The van der Waals surface area contributed by atoms with E-state index in [1.165, 1.54) is 12.3 Å². The fourth-order valence-electron chi connectivity index (χ4n) is 2.11. The first-order valence-corrected chi connectivity index (χ1v) is 7.04. The van der Waals surface area contributed by atoms with Gasteiger partial charge in [0.15, 0.2) is 0 Å². The largest absolute Gasteiger partial charge is 0.396 e. The van der Waals surface area contributed by atoms with Crippen LogP contribution in [0.1, 0.15) is 24.4 Å². The van der Waals surface area contributed by atoms with Gasteiger partial charge in [-0.25, -0.2) is 4.39 Å². The predicted octanol–water partition coefficient (Wildman–Crippen LogP) is 2.12. The lowest BCUT2D eigenvalue weighted by atomic mass is 10.0. The van der Waals surface area contributed by atoms with Crippen LogP contribution in [0.25, 0.3) is 0 Å². The second-order valence-electron chi connectivity index (χ2n) is 5.11. The summed E-state index contributed by atoms with van der Waals surface area (Å²) in [6.07, 6.45) is 3.68. The topological polar surface area (TPSA) is 58.0 Å². The van der Waals surface area contributed by atoms with Crippen molar-refractivity contribution in [3.8, 4) is 0 Å². The predicted molar refractivity (Wildman–Crippen MR) is 79.1 cm³/mol. The SMILES string of the molecule is CC(NCC(CO)Cc1ccccn1)c1ccc(F)cn1. The molecule has 0 aliphatic heterocycles. The molecule has 0 bridgehead atoms. The Balaban J connectivity index is 1.86. The summed E-state index contributed by atoms with van der Waals surface area (Å²) in [6, 6.07) is 8.83. The molecule has 2 rings (SSSR count). The molecule has 4 nitrogen and oxygen atoms in total. The minimum Gasteiger partial charge on any atom is -0.396 e. The molecule has 0 amide bonds. The molecule has 112 valence electrons. The van der Waals surface area contributed by atoms with E-state index in [-0.39, 0.29) is 24.4 Å². The van der Waals surface area contributed by atoms with Gasteiger partial charge >= 0.3 is 0 Å². The number of halogens is 1. The summed E-state index contributed by atoms with van der Waals surface area (Å²) < 4.78 is 12.8. The maximum atomic E-state index is 12.8. The van der Waals surface area contributed by atoms with Gasteiger partial charge in [0.25, 0.3) is 0 Å². The molecule has 0 aliphatic rings. The molecule has 2 N–H and O–H groups in total. The van der Waals surface area contributed by atoms with Gasteiger partial charge < -0.3 is 10.4 Å². The number of aliphatic hydroxyl groups is 1. The lowest BCUT2D eigenvalue weighted by Crippen LogP contribution is -2.29. The number of hydrogen-bond acceptors (Lipinski definition) is 4. The van der Waals surface area contributed by atoms with Crippen LogP contribution in [-0.2, 0) is 6.42 Å². The quantitative estimate of drug-likeness (QED) is 0.819. The van der Waals surface area contributed by atoms with Crippen molar-refractivity contribution in [2.45, 2.75) is 19.4 Å². The Morgan fingerprint density at radius 3 is 2.71 bits per heavy atom. The first-order chi connectivity index (χ1) is 10.2. The highest BCUT2D eigenvalue weighted by atomic mass is 19.1. The van der Waals surface area contributed by atoms with Crippen molar-refractivity contribution in [2.24, 2.45) is 5.92 Å². The van der Waals surface area contributed by atoms with Crippen molar-refractivity contribution in [1.82, 2.24) is 15.3 Å². The Hall–Kier alpha value is -1.85. The molecule has 0 radical (unpaired) electrons. The highest BCUT2D eigenvalue weighted by Crippen LogP contribution is 2.11. The van der Waals surface area contributed by atoms with Gasteiger partial charge in [0, 0.05) is 31.1 Å². The third-order valence-electron chi connectivity index (χ3n) is 3.39. The van der Waals surface area contributed by atoms with Gasteiger partial charge in [-0.1, -0.05) is 6.07 Å². The Labute approximate surface area is 124 Å². The van der Waals surface area contributed by atoms with Crippen LogP contribution in [0.2, 0.25) is 0 Å². The molecule has 2 atom stereocenters. The average molecular weight is 289 g/mol. The standard InChI is InChI=1S/C16H20FN3O/c1-12(16-6-5-14(17)10-20-16)19-9-13(11-21)8-15-4-2-3-7-18-15/h2-7,10,12-13,19,21H,8-9,11H2,1H3. The maximum absolute atomic E-state index is 12.8. The number of pyridine rings is 2. The lowest BCUT2D eigenvalue weighted by molar-refractivity contribution is 0.218. The van der Waals surface area contributed by atoms with E-state index in [4.69, 9.17) is 0 Å². The van der Waals surface area contributed by atoms with Crippen LogP contribution in [0.3, 0.4) is 0 Å². The van der Waals surface area contributed by atoms with Gasteiger partial charge in [0.2, 0.25) is 0 Å². The summed E-state index contributed by atoms with van der Waals surface area (Å²) in [7, 11) is 0. The van der Waals surface area contributed by atoms with Gasteiger partial charge in [-0.2, -0.15) is 0 Å². The molecule has 2 aromatic rings. The molecule has 21 heavy (non-hydrogen) atoms. The van der Waals surface area contributed by atoms with Crippen LogP contribution in [0.15, 0.2) is 42.7 Å². The van der Waals surface area contributed by atoms with E-state index in [9.17, 15) is 9.50 Å². The normalized spacial score (nSPS) is 13.9. The first-order valence-electron chi connectivity index (χ1n) is 7.04. The number of aromatic nitrogens is 2. The summed E-state index contributed by atoms with van der Waals surface area (Å²) in [6.45, 7) is 2.70. The van der Waals surface area contributed by atoms with Gasteiger partial charge in [-0.05, 0) is 43.5 Å². The molecule has 0 spiro atoms. The summed E-state index contributed by atoms with van der Waals surface area (Å²) in [5.74, 6) is -0.253. The van der Waals surface area contributed by atoms with E-state index in [1.54, 1.807) is 12.3 Å². The molecule has 2 heterocycles. The Bertz CT molecular complexity index is 533. The molecule has 2 unspecified atom stereocenters. The van der Waals surface area contributed by atoms with E-state index in [0.29, 0.717) is 13.0 Å². The minimum absolute atomic E-state index is 0.00313. The lowest BCUT2D eigenvalue weighted by Gasteiger charge is -2.18. The van der Waals surface area contributed by atoms with E-state index in [0.717, 1.165) is 11.4 Å². The van der Waals surface area contributed by atoms with Gasteiger partial charge in [-0.3, -0.25) is 9.97 Å². The second-order valence-corrected chi connectivity index (χ2v) is 5.11. The smallest absolute Gasteiger partial charge is 0.141 e. The maximum Gasteiger partial charge on any atom is 0.141 e. The van der Waals surface area contributed by atoms with Crippen LogP contribution in [0, 0.1) is 11.7 Å². The number of hydrogen-bond donors (Lipinski definition) is 2. The highest BCUT2D eigenvalue weighted by Gasteiger charge is 2.12. The fourth-order valence-corrected chi connectivity index (χ4v) is 2.11. The number of rotatable bonds is 7. The van der Waals surface area contributed by atoms with Crippen molar-refractivity contribution < 1.29 is 9.50 Å². The monoisotopic (exact) mass is 289 g/mol. The zero-order valence-corrected chi connectivity index (χ0v) is 12.0. The van der Waals surface area contributed by atoms with Crippen LogP contribution in [0.4, 0.5) is 4.39 Å². The molecule has 2 aromatic heterocycles. The van der Waals surface area contributed by atoms with Crippen molar-refractivity contribution >= 4 is 0 Å². The first kappa shape index (κ1) is 15.5. The summed E-state index contributed by atoms with van der Waals surface area (Å²) in [5, 5.41) is 12.8. The summed E-state index contributed by atoms with van der Waals surface area (Å²) in [4.78, 5) is 8.32. The average Bonchev–Trinajstić information content (AvgIpc) is 2.52. The second kappa shape index (κ2) is 7.81. The molecule has 0 aromatic carbocycles. The summed E-state index contributed by atoms with van der Waals surface area (Å²) in [5.41, 5.74) is 1.75. The van der Waals surface area contributed by atoms with E-state index < -0.39 is 0 Å². The van der Waals surface area contributed by atoms with Crippen LogP contribution in [-0.4, -0.2) is 28.2 Å². The molecular weight excluding hydrogens is 269 g/mol. The zero-order chi connectivity index (χ0) is 15.1. The van der Waals surface area contributed by atoms with Crippen molar-refractivity contribution in [3.05, 3.63) is 59.9 Å². The van der Waals surface area contributed by atoms with Gasteiger partial charge in [0.1, 0.15) is 5.82 Å². The number of nitrogens with zero attached hydrogens (tertiary/aromatic N) is 2. The highest BCUT2D eigenvalue weighted by molar-refractivity contribution is 5.09. The number of aliphatic hydroxyl groups excluding tert-OH is 1. The zero-order valence-electron chi connectivity index (χ0n) is 12.0. The minimum atomic E-state index is -0.339. The van der Waals surface area contributed by atoms with Gasteiger partial charge in [-0.15, -0.1) is 0 Å². The van der Waals surface area contributed by atoms with Crippen molar-refractivity contribution in [2.75, 3.05) is 13.2 Å². The number of nitrogens with one attached hydrogen (secondary N) is 1. The molecule has 0 fully saturated rings. The summed E-state index contributed by atoms with van der Waals surface area (Å²) >= 11 is 0. The Morgan fingerprint density at radius 2 is 2.10 bits per heavy atom. The van der Waals surface area contributed by atoms with Crippen molar-refractivity contribution in [3.63, 3.8) is 0 Å². The van der Waals surface area contributed by atoms with Crippen LogP contribution >= 0.6 is 0 Å². The van der Waals surface area contributed by atoms with Crippen molar-refractivity contribution in [1.29, 1.82) is 0 Å². The van der Waals surface area contributed by atoms with E-state index in [2.05, 4.69) is 15.3 Å². The molecule has 0 aliphatic carbocycles. The molecular formula is C16H20FN3O. The fraction of sp³-hybridized carbons (Fsp3) is 0.375. The Kier molecular flexibility index (Phi) is 5.78. The molecule has 0 saturated carbocycles. The van der Waals surface area contributed by atoms with Crippen LogP contribution in [0.5, 0.6) is 0 Å². The molecule has 0 saturated heterocycles. The van der Waals surface area contributed by atoms with Gasteiger partial charge in [0.05, 0.1) is 11.9 Å². The molecule has 5 heteroatoms. The Morgan fingerprint density at radius 1 is 1.24 bits per heavy atom. The third-order valence-corrected chi connectivity index (χ3v) is 3.39. The van der Waals surface area contributed by atoms with E-state index in [1.807, 2.05) is 25.1 Å².